The van der Waals surface area contributed by atoms with Gasteiger partial charge in [-0.1, -0.05) is 36.0 Å². The van der Waals surface area contributed by atoms with Crippen LogP contribution in [-0.4, -0.2) is 15.9 Å². The van der Waals surface area contributed by atoms with E-state index in [9.17, 15) is 22.8 Å². The topological polar surface area (TPSA) is 74.8 Å². The Kier molecular flexibility index (Phi) is 5.14. The maximum Gasteiger partial charge on any atom is 0.257 e. The molecule has 1 aliphatic heterocycles. The van der Waals surface area contributed by atoms with Gasteiger partial charge in [-0.15, -0.1) is 0 Å². The molecule has 0 aliphatic carbocycles. The highest BCUT2D eigenvalue weighted by molar-refractivity contribution is 7.98. The number of thioether (sulfide) groups is 1. The molecule has 4 rings (SSSR count). The zero-order chi connectivity index (χ0) is 20.5. The van der Waals surface area contributed by atoms with Crippen LogP contribution in [-0.2, 0) is 10.5 Å². The van der Waals surface area contributed by atoms with E-state index in [4.69, 9.17) is 0 Å². The van der Waals surface area contributed by atoms with E-state index >= 15 is 0 Å². The van der Waals surface area contributed by atoms with E-state index in [1.54, 1.807) is 18.2 Å². The Morgan fingerprint density at radius 2 is 1.86 bits per heavy atom. The first kappa shape index (κ1) is 19.3. The molecule has 2 aromatic carbocycles. The van der Waals surface area contributed by atoms with Crippen LogP contribution < -0.4 is 10.9 Å². The van der Waals surface area contributed by atoms with Crippen molar-refractivity contribution in [2.45, 2.75) is 23.2 Å². The van der Waals surface area contributed by atoms with Gasteiger partial charge in [-0.05, 0) is 23.3 Å². The number of benzene rings is 2. The maximum absolute atomic E-state index is 14.3. The molecule has 148 valence electrons. The molecule has 0 bridgehead atoms. The Morgan fingerprint density at radius 1 is 1.07 bits per heavy atom. The fourth-order valence-corrected chi connectivity index (χ4v) is 4.08. The van der Waals surface area contributed by atoms with Crippen molar-refractivity contribution in [3.05, 3.63) is 87.0 Å². The van der Waals surface area contributed by atoms with Crippen LogP contribution >= 0.6 is 11.8 Å². The lowest BCUT2D eigenvalue weighted by atomic mass is 9.86. The molecule has 0 fully saturated rings. The Morgan fingerprint density at radius 3 is 2.62 bits per heavy atom. The Hall–Kier alpha value is -3.07. The summed E-state index contributed by atoms with van der Waals surface area (Å²) in [6.45, 7) is 0. The minimum absolute atomic E-state index is 0.0229. The van der Waals surface area contributed by atoms with E-state index in [0.717, 1.165) is 17.8 Å². The maximum atomic E-state index is 14.3. The number of fused-ring (bicyclic) bond motifs is 1. The van der Waals surface area contributed by atoms with Gasteiger partial charge >= 0.3 is 0 Å². The van der Waals surface area contributed by atoms with Gasteiger partial charge in [0, 0.05) is 24.2 Å². The molecule has 0 radical (unpaired) electrons. The summed E-state index contributed by atoms with van der Waals surface area (Å²) in [7, 11) is 0. The fraction of sp³-hybridized carbons (Fsp3) is 0.150. The summed E-state index contributed by atoms with van der Waals surface area (Å²) < 4.78 is 41.3. The van der Waals surface area contributed by atoms with Gasteiger partial charge in [0.25, 0.3) is 5.56 Å². The summed E-state index contributed by atoms with van der Waals surface area (Å²) in [5, 5.41) is 2.72. The van der Waals surface area contributed by atoms with Crippen LogP contribution in [0.4, 0.5) is 19.0 Å². The van der Waals surface area contributed by atoms with Crippen molar-refractivity contribution in [3.63, 3.8) is 0 Å². The molecule has 5 nitrogen and oxygen atoms in total. The largest absolute Gasteiger partial charge is 0.310 e. The summed E-state index contributed by atoms with van der Waals surface area (Å²) in [4.78, 5) is 31.7. The summed E-state index contributed by atoms with van der Waals surface area (Å²) >= 11 is 1.10. The predicted octanol–water partition coefficient (Wildman–Crippen LogP) is 3.95. The molecular weight excluding hydrogens is 403 g/mol. The summed E-state index contributed by atoms with van der Waals surface area (Å²) in [5.41, 5.74) is 0.0415. The number of nitrogens with zero attached hydrogens (tertiary/aromatic N) is 1. The number of rotatable bonds is 4. The second-order valence-corrected chi connectivity index (χ2v) is 7.45. The highest BCUT2D eigenvalue weighted by Crippen LogP contribution is 2.36. The number of anilines is 1. The van der Waals surface area contributed by atoms with Gasteiger partial charge in [-0.25, -0.2) is 18.2 Å². The first-order chi connectivity index (χ1) is 13.9. The number of aromatic amines is 1. The van der Waals surface area contributed by atoms with Gasteiger partial charge in [0.2, 0.25) is 5.91 Å². The van der Waals surface area contributed by atoms with Crippen molar-refractivity contribution in [2.24, 2.45) is 0 Å². The van der Waals surface area contributed by atoms with Crippen LogP contribution in [0.1, 0.15) is 29.0 Å². The molecule has 0 saturated heterocycles. The standard InChI is InChI=1S/C20H14F3N3O2S/c21-11-5-6-12(15(23)7-11)13-8-16(27)24-18-17(13)19(28)26-20(25-18)29-9-10-3-1-2-4-14(10)22/h1-7,13H,8-9H2,(H2,24,25,26,27,28)/t13-/m0/s1. The molecule has 2 heterocycles. The molecule has 2 N–H and O–H groups in total. The van der Waals surface area contributed by atoms with Crippen molar-refractivity contribution in [1.82, 2.24) is 9.97 Å². The first-order valence-electron chi connectivity index (χ1n) is 8.67. The Bertz CT molecular complexity index is 1170. The van der Waals surface area contributed by atoms with Crippen molar-refractivity contribution in [3.8, 4) is 0 Å². The predicted molar refractivity (Wildman–Crippen MR) is 102 cm³/mol. The first-order valence-corrected chi connectivity index (χ1v) is 9.66. The van der Waals surface area contributed by atoms with Crippen LogP contribution in [0.15, 0.2) is 52.4 Å². The van der Waals surface area contributed by atoms with Crippen LogP contribution in [0.2, 0.25) is 0 Å². The number of carbonyl (C=O) groups excluding carboxylic acids is 1. The molecule has 0 saturated carbocycles. The van der Waals surface area contributed by atoms with Gasteiger partial charge in [-0.3, -0.25) is 9.59 Å². The van der Waals surface area contributed by atoms with Gasteiger partial charge in [0.1, 0.15) is 23.3 Å². The second-order valence-electron chi connectivity index (χ2n) is 6.48. The van der Waals surface area contributed by atoms with E-state index < -0.39 is 29.0 Å². The molecule has 0 spiro atoms. The molecular formula is C20H14F3N3O2S. The second kappa shape index (κ2) is 7.75. The third-order valence-corrected chi connectivity index (χ3v) is 5.51. The van der Waals surface area contributed by atoms with Gasteiger partial charge in [0.15, 0.2) is 5.16 Å². The quantitative estimate of drug-likeness (QED) is 0.498. The summed E-state index contributed by atoms with van der Waals surface area (Å²) in [5.74, 6) is -3.05. The number of hydrogen-bond acceptors (Lipinski definition) is 4. The fourth-order valence-electron chi connectivity index (χ4n) is 3.23. The number of carbonyl (C=O) groups is 1. The molecule has 1 amide bonds. The lowest BCUT2D eigenvalue weighted by Crippen LogP contribution is -2.31. The lowest BCUT2D eigenvalue weighted by molar-refractivity contribution is -0.116. The van der Waals surface area contributed by atoms with Crippen molar-refractivity contribution >= 4 is 23.5 Å². The molecule has 9 heteroatoms. The van der Waals surface area contributed by atoms with E-state index in [1.807, 2.05) is 0 Å². The van der Waals surface area contributed by atoms with Gasteiger partial charge in [0.05, 0.1) is 5.56 Å². The summed E-state index contributed by atoms with van der Waals surface area (Å²) in [6, 6.07) is 9.23. The highest BCUT2D eigenvalue weighted by Gasteiger charge is 2.32. The molecule has 29 heavy (non-hydrogen) atoms. The van der Waals surface area contributed by atoms with E-state index in [2.05, 4.69) is 15.3 Å². The zero-order valence-corrected chi connectivity index (χ0v) is 15.7. The number of hydrogen-bond donors (Lipinski definition) is 2. The number of nitrogens with one attached hydrogen (secondary N) is 2. The number of halogens is 3. The molecule has 1 aromatic heterocycles. The lowest BCUT2D eigenvalue weighted by Gasteiger charge is -2.24. The van der Waals surface area contributed by atoms with E-state index in [-0.39, 0.29) is 40.1 Å². The van der Waals surface area contributed by atoms with Crippen molar-refractivity contribution in [2.75, 3.05) is 5.32 Å². The monoisotopic (exact) mass is 417 g/mol. The zero-order valence-electron chi connectivity index (χ0n) is 14.8. The number of aromatic nitrogens is 2. The average molecular weight is 417 g/mol. The number of amides is 1. The minimum atomic E-state index is -0.888. The Labute approximate surface area is 167 Å². The number of H-pyrrole nitrogens is 1. The molecule has 0 unspecified atom stereocenters. The van der Waals surface area contributed by atoms with Crippen LogP contribution in [0.3, 0.4) is 0 Å². The smallest absolute Gasteiger partial charge is 0.257 e. The normalized spacial score (nSPS) is 15.7. The van der Waals surface area contributed by atoms with Crippen molar-refractivity contribution in [1.29, 1.82) is 0 Å². The molecule has 1 atom stereocenters. The van der Waals surface area contributed by atoms with Crippen LogP contribution in [0, 0.1) is 17.5 Å². The van der Waals surface area contributed by atoms with Crippen LogP contribution in [0.25, 0.3) is 0 Å². The van der Waals surface area contributed by atoms with E-state index in [1.165, 1.54) is 12.1 Å². The van der Waals surface area contributed by atoms with Gasteiger partial charge in [-0.2, -0.15) is 0 Å². The third-order valence-electron chi connectivity index (χ3n) is 4.59. The average Bonchev–Trinajstić information content (AvgIpc) is 2.66. The summed E-state index contributed by atoms with van der Waals surface area (Å²) in [6.07, 6.45) is -0.165. The van der Waals surface area contributed by atoms with Crippen LogP contribution in [0.5, 0.6) is 0 Å². The molecule has 1 aliphatic rings. The van der Waals surface area contributed by atoms with E-state index in [0.29, 0.717) is 11.6 Å². The van der Waals surface area contributed by atoms with Crippen molar-refractivity contribution < 1.29 is 18.0 Å². The SMILES string of the molecule is O=C1C[C@@H](c2ccc(F)cc2F)c2c(nc(SCc3ccccc3F)[nH]c2=O)N1. The van der Waals surface area contributed by atoms with Gasteiger partial charge < -0.3 is 10.3 Å². The third kappa shape index (κ3) is 3.91. The minimum Gasteiger partial charge on any atom is -0.310 e. The highest BCUT2D eigenvalue weighted by atomic mass is 32.2. The molecule has 3 aromatic rings. The Balaban J connectivity index is 1.69.